The number of rotatable bonds is 6. The van der Waals surface area contributed by atoms with Crippen molar-refractivity contribution in [3.63, 3.8) is 0 Å². The van der Waals surface area contributed by atoms with Crippen molar-refractivity contribution in [1.82, 2.24) is 14.9 Å². The molecule has 4 rings (SSSR count). The van der Waals surface area contributed by atoms with Gasteiger partial charge in [0.1, 0.15) is 5.82 Å². The van der Waals surface area contributed by atoms with Crippen molar-refractivity contribution in [3.8, 4) is 11.5 Å². The fourth-order valence-electron chi connectivity index (χ4n) is 3.89. The van der Waals surface area contributed by atoms with Crippen LogP contribution in [0.1, 0.15) is 5.56 Å². The summed E-state index contributed by atoms with van der Waals surface area (Å²) < 4.78 is 10.7. The number of amides is 1. The molecular formula is C25H30N6O3. The lowest BCUT2D eigenvalue weighted by Gasteiger charge is -2.34. The molecule has 0 bridgehead atoms. The summed E-state index contributed by atoms with van der Waals surface area (Å²) in [5.74, 6) is 2.07. The van der Waals surface area contributed by atoms with Gasteiger partial charge in [-0.15, -0.1) is 0 Å². The Morgan fingerprint density at radius 1 is 1.00 bits per heavy atom. The van der Waals surface area contributed by atoms with Gasteiger partial charge < -0.3 is 29.9 Å². The average Bonchev–Trinajstić information content (AvgIpc) is 2.86. The molecule has 1 amide bonds. The number of hydrogen-bond acceptors (Lipinski definition) is 8. The van der Waals surface area contributed by atoms with E-state index in [1.807, 2.05) is 59.1 Å². The van der Waals surface area contributed by atoms with Gasteiger partial charge >= 0.3 is 0 Å². The summed E-state index contributed by atoms with van der Waals surface area (Å²) in [5, 5.41) is 0.707. The molecule has 9 nitrogen and oxygen atoms in total. The van der Waals surface area contributed by atoms with Crippen LogP contribution in [-0.2, 0) is 4.79 Å². The van der Waals surface area contributed by atoms with Crippen LogP contribution in [0.2, 0.25) is 0 Å². The molecule has 1 saturated heterocycles. The molecule has 9 heteroatoms. The Kier molecular flexibility index (Phi) is 6.72. The first-order valence-electron chi connectivity index (χ1n) is 11.1. The average molecular weight is 463 g/mol. The number of hydrogen-bond donors (Lipinski definition) is 1. The lowest BCUT2D eigenvalue weighted by Crippen LogP contribution is -2.48. The van der Waals surface area contributed by atoms with Gasteiger partial charge in [0.25, 0.3) is 0 Å². The normalized spacial score (nSPS) is 14.0. The van der Waals surface area contributed by atoms with Crippen LogP contribution in [-0.4, -0.2) is 75.3 Å². The van der Waals surface area contributed by atoms with Crippen LogP contribution in [0.25, 0.3) is 17.0 Å². The predicted octanol–water partition coefficient (Wildman–Crippen LogP) is 2.66. The molecule has 1 aromatic heterocycles. The molecule has 0 aliphatic carbocycles. The Hall–Kier alpha value is -4.01. The minimum Gasteiger partial charge on any atom is -0.493 e. The first-order valence-corrected chi connectivity index (χ1v) is 11.1. The van der Waals surface area contributed by atoms with Gasteiger partial charge in [-0.1, -0.05) is 12.1 Å². The number of benzene rings is 2. The molecule has 178 valence electrons. The molecule has 0 unspecified atom stereocenters. The lowest BCUT2D eigenvalue weighted by atomic mass is 10.2. The molecule has 34 heavy (non-hydrogen) atoms. The zero-order valence-corrected chi connectivity index (χ0v) is 20.0. The number of anilines is 3. The molecule has 2 aromatic carbocycles. The SMILES string of the molecule is COc1cc2nc(N3CCN(C(=O)C=Cc4ccc(N(C)C)cc4)CC3)nc(N)c2cc1OC. The Morgan fingerprint density at radius 2 is 1.65 bits per heavy atom. The van der Waals surface area contributed by atoms with Gasteiger partial charge in [-0.25, -0.2) is 4.98 Å². The third-order valence-electron chi connectivity index (χ3n) is 5.92. The van der Waals surface area contributed by atoms with Crippen molar-refractivity contribution < 1.29 is 14.3 Å². The summed E-state index contributed by atoms with van der Waals surface area (Å²) in [5.41, 5.74) is 9.02. The number of ether oxygens (including phenoxy) is 2. The standard InChI is InChI=1S/C25H30N6O3/c1-29(2)18-8-5-17(6-9-18)7-10-23(32)30-11-13-31(14-12-30)25-27-20-16-22(34-4)21(33-3)15-19(20)24(26)28-25/h5-10,15-16H,11-14H2,1-4H3,(H2,26,27,28). The van der Waals surface area contributed by atoms with Crippen molar-refractivity contribution in [3.05, 3.63) is 48.0 Å². The van der Waals surface area contributed by atoms with Gasteiger partial charge in [0, 0.05) is 63.5 Å². The van der Waals surface area contributed by atoms with E-state index in [1.165, 1.54) is 0 Å². The zero-order valence-electron chi connectivity index (χ0n) is 20.0. The van der Waals surface area contributed by atoms with E-state index in [9.17, 15) is 4.79 Å². The van der Waals surface area contributed by atoms with Crippen molar-refractivity contribution in [2.75, 3.05) is 70.0 Å². The lowest BCUT2D eigenvalue weighted by molar-refractivity contribution is -0.126. The fraction of sp³-hybridized carbons (Fsp3) is 0.320. The first kappa shape index (κ1) is 23.2. The number of methoxy groups -OCH3 is 2. The molecule has 0 spiro atoms. The molecule has 0 radical (unpaired) electrons. The largest absolute Gasteiger partial charge is 0.493 e. The molecule has 1 fully saturated rings. The Morgan fingerprint density at radius 3 is 2.26 bits per heavy atom. The second-order valence-electron chi connectivity index (χ2n) is 8.26. The van der Waals surface area contributed by atoms with E-state index in [4.69, 9.17) is 15.2 Å². The molecule has 0 saturated carbocycles. The Balaban J connectivity index is 1.42. The third kappa shape index (κ3) is 4.83. The summed E-state index contributed by atoms with van der Waals surface area (Å²) in [4.78, 5) is 27.8. The van der Waals surface area contributed by atoms with E-state index in [1.54, 1.807) is 32.4 Å². The van der Waals surface area contributed by atoms with E-state index in [0.717, 1.165) is 11.3 Å². The van der Waals surface area contributed by atoms with Crippen LogP contribution in [0, 0.1) is 0 Å². The van der Waals surface area contributed by atoms with Gasteiger partial charge in [0.05, 0.1) is 19.7 Å². The van der Waals surface area contributed by atoms with Gasteiger partial charge in [0.2, 0.25) is 11.9 Å². The number of carbonyl (C=O) groups is 1. The summed E-state index contributed by atoms with van der Waals surface area (Å²) in [6.07, 6.45) is 3.48. The van der Waals surface area contributed by atoms with E-state index < -0.39 is 0 Å². The van der Waals surface area contributed by atoms with Crippen LogP contribution >= 0.6 is 0 Å². The summed E-state index contributed by atoms with van der Waals surface area (Å²) in [7, 11) is 7.16. The van der Waals surface area contributed by atoms with E-state index in [2.05, 4.69) is 9.97 Å². The van der Waals surface area contributed by atoms with Crippen LogP contribution in [0.15, 0.2) is 42.5 Å². The van der Waals surface area contributed by atoms with Crippen molar-refractivity contribution in [2.45, 2.75) is 0 Å². The maximum atomic E-state index is 12.7. The van der Waals surface area contributed by atoms with Gasteiger partial charge in [-0.2, -0.15) is 4.98 Å². The predicted molar refractivity (Wildman–Crippen MR) is 136 cm³/mol. The van der Waals surface area contributed by atoms with Crippen LogP contribution in [0.5, 0.6) is 11.5 Å². The van der Waals surface area contributed by atoms with Gasteiger partial charge in [-0.3, -0.25) is 4.79 Å². The second kappa shape index (κ2) is 9.86. The number of nitrogen functional groups attached to an aromatic ring is 1. The zero-order chi connectivity index (χ0) is 24.2. The number of nitrogens with two attached hydrogens (primary N) is 1. The summed E-state index contributed by atoms with van der Waals surface area (Å²) >= 11 is 0. The second-order valence-corrected chi connectivity index (χ2v) is 8.26. The quantitative estimate of drug-likeness (QED) is 0.559. The fourth-order valence-corrected chi connectivity index (χ4v) is 3.89. The van der Waals surface area contributed by atoms with E-state index in [-0.39, 0.29) is 5.91 Å². The minimum atomic E-state index is -0.00730. The highest BCUT2D eigenvalue weighted by Crippen LogP contribution is 2.34. The number of aromatic nitrogens is 2. The Bertz CT molecular complexity index is 1200. The molecule has 1 aliphatic heterocycles. The molecule has 3 aromatic rings. The number of nitrogens with zero attached hydrogens (tertiary/aromatic N) is 5. The van der Waals surface area contributed by atoms with Gasteiger partial charge in [-0.05, 0) is 29.8 Å². The van der Waals surface area contributed by atoms with Crippen LogP contribution in [0.4, 0.5) is 17.5 Å². The van der Waals surface area contributed by atoms with Crippen LogP contribution in [0.3, 0.4) is 0 Å². The maximum absolute atomic E-state index is 12.7. The summed E-state index contributed by atoms with van der Waals surface area (Å²) in [6, 6.07) is 11.6. The molecule has 2 heterocycles. The number of fused-ring (bicyclic) bond motifs is 1. The highest BCUT2D eigenvalue weighted by molar-refractivity contribution is 5.93. The molecular weight excluding hydrogens is 432 g/mol. The Labute approximate surface area is 199 Å². The van der Waals surface area contributed by atoms with Crippen molar-refractivity contribution in [1.29, 1.82) is 0 Å². The third-order valence-corrected chi connectivity index (χ3v) is 5.92. The van der Waals surface area contributed by atoms with Crippen LogP contribution < -0.4 is 25.0 Å². The highest BCUT2D eigenvalue weighted by Gasteiger charge is 2.22. The number of piperazine rings is 1. The maximum Gasteiger partial charge on any atom is 0.246 e. The first-order chi connectivity index (χ1) is 16.4. The van der Waals surface area contributed by atoms with E-state index >= 15 is 0 Å². The molecule has 1 aliphatic rings. The monoisotopic (exact) mass is 462 g/mol. The summed E-state index contributed by atoms with van der Waals surface area (Å²) in [6.45, 7) is 2.40. The molecule has 2 N–H and O–H groups in total. The number of carbonyl (C=O) groups excluding carboxylic acids is 1. The van der Waals surface area contributed by atoms with E-state index in [0.29, 0.717) is 60.3 Å². The smallest absolute Gasteiger partial charge is 0.246 e. The van der Waals surface area contributed by atoms with Gasteiger partial charge in [0.15, 0.2) is 11.5 Å². The highest BCUT2D eigenvalue weighted by atomic mass is 16.5. The topological polar surface area (TPSA) is 97.1 Å². The minimum absolute atomic E-state index is 0.00730. The molecule has 0 atom stereocenters. The van der Waals surface area contributed by atoms with Crippen molar-refractivity contribution in [2.24, 2.45) is 0 Å². The van der Waals surface area contributed by atoms with Crippen molar-refractivity contribution >= 4 is 40.3 Å².